The van der Waals surface area contributed by atoms with Crippen LogP contribution in [0.2, 0.25) is 5.02 Å². The average molecular weight is 477 g/mol. The number of hydrogen-bond acceptors (Lipinski definition) is 5. The second kappa shape index (κ2) is 10.5. The van der Waals surface area contributed by atoms with Gasteiger partial charge in [0.2, 0.25) is 0 Å². The monoisotopic (exact) mass is 476 g/mol. The molecule has 0 aliphatic carbocycles. The van der Waals surface area contributed by atoms with Crippen LogP contribution in [-0.2, 0) is 17.8 Å². The number of ether oxygens (including phenoxy) is 1. The molecule has 6 nitrogen and oxygen atoms in total. The maximum atomic E-state index is 12.6. The van der Waals surface area contributed by atoms with Gasteiger partial charge >= 0.3 is 6.09 Å². The van der Waals surface area contributed by atoms with Crippen molar-refractivity contribution in [2.45, 2.75) is 33.0 Å². The van der Waals surface area contributed by atoms with Crippen LogP contribution < -0.4 is 5.32 Å². The van der Waals surface area contributed by atoms with Crippen LogP contribution in [0.5, 0.6) is 0 Å². The fraction of sp³-hybridized carbons (Fsp3) is 0.185. The molecule has 0 saturated heterocycles. The lowest BCUT2D eigenvalue weighted by atomic mass is 10.0. The Morgan fingerprint density at radius 2 is 1.65 bits per heavy atom. The Kier molecular flexibility index (Phi) is 7.30. The van der Waals surface area contributed by atoms with Crippen LogP contribution in [-0.4, -0.2) is 16.4 Å². The third-order valence-corrected chi connectivity index (χ3v) is 5.89. The van der Waals surface area contributed by atoms with E-state index in [1.54, 1.807) is 19.9 Å². The number of nitrogens with zero attached hydrogens (tertiary/aromatic N) is 1. The van der Waals surface area contributed by atoms with Gasteiger partial charge in [-0.3, -0.25) is 5.32 Å². The summed E-state index contributed by atoms with van der Waals surface area (Å²) >= 11 is 6.21. The molecule has 0 bridgehead atoms. The van der Waals surface area contributed by atoms with Crippen molar-refractivity contribution in [3.63, 3.8) is 0 Å². The zero-order valence-corrected chi connectivity index (χ0v) is 19.7. The van der Waals surface area contributed by atoms with Gasteiger partial charge in [-0.25, -0.2) is 4.79 Å². The topological polar surface area (TPSA) is 84.6 Å². The average Bonchev–Trinajstić information content (AvgIpc) is 3.20. The highest BCUT2D eigenvalue weighted by Crippen LogP contribution is 2.32. The molecule has 0 aliphatic rings. The van der Waals surface area contributed by atoms with Crippen molar-refractivity contribution >= 4 is 23.4 Å². The Labute approximate surface area is 203 Å². The highest BCUT2D eigenvalue weighted by Gasteiger charge is 2.20. The quantitative estimate of drug-likeness (QED) is 0.310. The SMILES string of the molecule is Cc1noc(-c2ccc(Cc3ccc(CO)cc3)cc2)c1NC(=O)OC(C)c1ccccc1Cl. The zero-order chi connectivity index (χ0) is 24.1. The van der Waals surface area contributed by atoms with Gasteiger partial charge in [0.05, 0.1) is 6.61 Å². The number of aromatic nitrogens is 1. The minimum absolute atomic E-state index is 0.0361. The number of aryl methyl sites for hydroxylation is 1. The van der Waals surface area contributed by atoms with Gasteiger partial charge in [0.1, 0.15) is 17.5 Å². The summed E-state index contributed by atoms with van der Waals surface area (Å²) in [5.41, 5.74) is 5.68. The van der Waals surface area contributed by atoms with Gasteiger partial charge < -0.3 is 14.4 Å². The Morgan fingerprint density at radius 1 is 1.03 bits per heavy atom. The summed E-state index contributed by atoms with van der Waals surface area (Å²) < 4.78 is 11.0. The zero-order valence-electron chi connectivity index (χ0n) is 18.9. The molecule has 1 amide bonds. The first-order valence-electron chi connectivity index (χ1n) is 10.9. The maximum absolute atomic E-state index is 12.6. The van der Waals surface area contributed by atoms with Gasteiger partial charge in [-0.05, 0) is 43.0 Å². The van der Waals surface area contributed by atoms with Crippen molar-refractivity contribution in [2.75, 3.05) is 5.32 Å². The van der Waals surface area contributed by atoms with Gasteiger partial charge in [0.25, 0.3) is 0 Å². The van der Waals surface area contributed by atoms with Crippen molar-refractivity contribution in [3.8, 4) is 11.3 Å². The van der Waals surface area contributed by atoms with Gasteiger partial charge in [-0.2, -0.15) is 0 Å². The molecule has 0 spiro atoms. The van der Waals surface area contributed by atoms with Crippen molar-refractivity contribution < 1.29 is 19.2 Å². The lowest BCUT2D eigenvalue weighted by Gasteiger charge is -2.15. The molecule has 0 fully saturated rings. The van der Waals surface area contributed by atoms with E-state index in [1.807, 2.05) is 66.7 Å². The lowest BCUT2D eigenvalue weighted by molar-refractivity contribution is 0.121. The van der Waals surface area contributed by atoms with Crippen LogP contribution in [0.15, 0.2) is 77.3 Å². The fourth-order valence-corrected chi connectivity index (χ4v) is 3.94. The predicted octanol–water partition coefficient (Wildman–Crippen LogP) is 6.70. The summed E-state index contributed by atoms with van der Waals surface area (Å²) in [5.74, 6) is 0.457. The number of carbonyl (C=O) groups is 1. The van der Waals surface area contributed by atoms with Crippen molar-refractivity contribution in [2.24, 2.45) is 0 Å². The molecular weight excluding hydrogens is 452 g/mol. The summed E-state index contributed by atoms with van der Waals surface area (Å²) in [5, 5.41) is 16.5. The predicted molar refractivity (Wildman–Crippen MR) is 132 cm³/mol. The van der Waals surface area contributed by atoms with Crippen molar-refractivity contribution in [1.29, 1.82) is 0 Å². The number of halogens is 1. The van der Waals surface area contributed by atoms with E-state index in [4.69, 9.17) is 20.9 Å². The van der Waals surface area contributed by atoms with Crippen LogP contribution in [0, 0.1) is 6.92 Å². The molecule has 2 N–H and O–H groups in total. The number of anilines is 1. The van der Waals surface area contributed by atoms with E-state index in [2.05, 4.69) is 10.5 Å². The van der Waals surface area contributed by atoms with E-state index in [0.29, 0.717) is 22.2 Å². The van der Waals surface area contributed by atoms with E-state index in [-0.39, 0.29) is 6.61 Å². The van der Waals surface area contributed by atoms with E-state index >= 15 is 0 Å². The smallest absolute Gasteiger partial charge is 0.412 e. The number of benzene rings is 3. The van der Waals surface area contributed by atoms with Gasteiger partial charge in [-0.15, -0.1) is 0 Å². The number of carbonyl (C=O) groups excluding carboxylic acids is 1. The van der Waals surface area contributed by atoms with Crippen LogP contribution in [0.3, 0.4) is 0 Å². The van der Waals surface area contributed by atoms with Gasteiger partial charge in [-0.1, -0.05) is 83.5 Å². The molecule has 0 radical (unpaired) electrons. The third-order valence-electron chi connectivity index (χ3n) is 5.55. The molecule has 0 saturated carbocycles. The molecule has 1 atom stereocenters. The second-order valence-electron chi connectivity index (χ2n) is 8.01. The third kappa shape index (κ3) is 5.47. The minimum Gasteiger partial charge on any atom is -0.441 e. The van der Waals surface area contributed by atoms with E-state index in [9.17, 15) is 9.90 Å². The molecule has 4 aromatic rings. The first-order valence-corrected chi connectivity index (χ1v) is 11.3. The van der Waals surface area contributed by atoms with Gasteiger partial charge in [0.15, 0.2) is 5.76 Å². The maximum Gasteiger partial charge on any atom is 0.412 e. The molecule has 1 aromatic heterocycles. The highest BCUT2D eigenvalue weighted by molar-refractivity contribution is 6.31. The molecule has 4 rings (SSSR count). The minimum atomic E-state index is -0.622. The molecule has 1 unspecified atom stereocenters. The second-order valence-corrected chi connectivity index (χ2v) is 8.42. The molecule has 174 valence electrons. The number of aliphatic hydroxyl groups excluding tert-OH is 1. The number of rotatable bonds is 7. The normalized spacial score (nSPS) is 11.8. The van der Waals surface area contributed by atoms with E-state index in [1.165, 1.54) is 0 Å². The fourth-order valence-electron chi connectivity index (χ4n) is 3.65. The van der Waals surface area contributed by atoms with Crippen LogP contribution >= 0.6 is 11.6 Å². The first kappa shape index (κ1) is 23.5. The summed E-state index contributed by atoms with van der Waals surface area (Å²) in [6.45, 7) is 3.55. The molecule has 7 heteroatoms. The molecule has 0 aliphatic heterocycles. The summed E-state index contributed by atoms with van der Waals surface area (Å²) in [6.07, 6.45) is -0.385. The molecule has 3 aromatic carbocycles. The Morgan fingerprint density at radius 3 is 2.29 bits per heavy atom. The standard InChI is InChI=1S/C27H25ClN2O4/c1-17-25(29-27(32)33-18(2)23-5-3-4-6-24(23)28)26(34-30-17)22-13-11-20(12-14-22)15-19-7-9-21(16-31)10-8-19/h3-14,18,31H,15-16H2,1-2H3,(H,29,32). The highest BCUT2D eigenvalue weighted by atomic mass is 35.5. The van der Waals surface area contributed by atoms with Crippen molar-refractivity contribution in [1.82, 2.24) is 5.16 Å². The Balaban J connectivity index is 1.45. The Hall–Kier alpha value is -3.61. The summed E-state index contributed by atoms with van der Waals surface area (Å²) in [7, 11) is 0. The molecular formula is C27H25ClN2O4. The molecule has 34 heavy (non-hydrogen) atoms. The Bertz CT molecular complexity index is 1270. The van der Waals surface area contributed by atoms with Gasteiger partial charge in [0, 0.05) is 16.1 Å². The van der Waals surface area contributed by atoms with Crippen LogP contribution in [0.25, 0.3) is 11.3 Å². The number of amides is 1. The van der Waals surface area contributed by atoms with Crippen LogP contribution in [0.4, 0.5) is 10.5 Å². The number of nitrogens with one attached hydrogen (secondary N) is 1. The van der Waals surface area contributed by atoms with E-state index < -0.39 is 12.2 Å². The largest absolute Gasteiger partial charge is 0.441 e. The van der Waals surface area contributed by atoms with Crippen molar-refractivity contribution in [3.05, 3.63) is 106 Å². The first-order chi connectivity index (χ1) is 16.4. The number of aliphatic hydroxyl groups is 1. The molecule has 1 heterocycles. The summed E-state index contributed by atoms with van der Waals surface area (Å²) in [6, 6.07) is 23.0. The lowest BCUT2D eigenvalue weighted by Crippen LogP contribution is -2.17. The van der Waals surface area contributed by atoms with E-state index in [0.717, 1.165) is 34.2 Å². The number of hydrogen-bond donors (Lipinski definition) is 2. The van der Waals surface area contributed by atoms with Crippen LogP contribution in [0.1, 0.15) is 41.0 Å². The summed E-state index contributed by atoms with van der Waals surface area (Å²) in [4.78, 5) is 12.6.